The first kappa shape index (κ1) is 10.1. The van der Waals surface area contributed by atoms with E-state index in [1.165, 1.54) is 10.6 Å². The number of aryl methyl sites for hydroxylation is 1. The molecule has 4 heteroatoms. The average Bonchev–Trinajstić information content (AvgIpc) is 2.31. The molecule has 2 rings (SSSR count). The van der Waals surface area contributed by atoms with Gasteiger partial charge in [-0.25, -0.2) is 0 Å². The first-order valence-electron chi connectivity index (χ1n) is 4.77. The van der Waals surface area contributed by atoms with Gasteiger partial charge in [0.05, 0.1) is 11.9 Å². The van der Waals surface area contributed by atoms with Crippen molar-refractivity contribution in [3.63, 3.8) is 0 Å². The van der Waals surface area contributed by atoms with E-state index in [-0.39, 0.29) is 11.1 Å². The number of pyridine rings is 2. The molecule has 16 heavy (non-hydrogen) atoms. The highest BCUT2D eigenvalue weighted by atomic mass is 16.1. The summed E-state index contributed by atoms with van der Waals surface area (Å²) in [6.07, 6.45) is 3.23. The van der Waals surface area contributed by atoms with Gasteiger partial charge < -0.3 is 0 Å². The lowest BCUT2D eigenvalue weighted by molar-refractivity contribution is 0.965. The van der Waals surface area contributed by atoms with E-state index in [1.54, 1.807) is 24.5 Å². The fraction of sp³-hybridized carbons (Fsp3) is 0.0833. The van der Waals surface area contributed by atoms with E-state index in [0.29, 0.717) is 5.69 Å². The molecule has 2 aromatic heterocycles. The predicted octanol–water partition coefficient (Wildman–Crippen LogP) is 1.41. The summed E-state index contributed by atoms with van der Waals surface area (Å²) < 4.78 is 1.41. The molecule has 0 N–H and O–H groups in total. The normalized spacial score (nSPS) is 9.75. The van der Waals surface area contributed by atoms with Crippen LogP contribution in [0.3, 0.4) is 0 Å². The van der Waals surface area contributed by atoms with Gasteiger partial charge in [0.2, 0.25) is 0 Å². The zero-order valence-electron chi connectivity index (χ0n) is 8.71. The van der Waals surface area contributed by atoms with E-state index in [2.05, 4.69) is 4.98 Å². The smallest absolute Gasteiger partial charge is 0.273 e. The number of hydrogen-bond acceptors (Lipinski definition) is 3. The van der Waals surface area contributed by atoms with Crippen LogP contribution in [0, 0.1) is 18.3 Å². The summed E-state index contributed by atoms with van der Waals surface area (Å²) in [5.74, 6) is 0. The van der Waals surface area contributed by atoms with Gasteiger partial charge in [0.1, 0.15) is 11.6 Å². The summed E-state index contributed by atoms with van der Waals surface area (Å²) in [5, 5.41) is 8.75. The fourth-order valence-electron chi connectivity index (χ4n) is 1.38. The number of nitriles is 1. The largest absolute Gasteiger partial charge is 0.282 e. The maximum absolute atomic E-state index is 11.8. The van der Waals surface area contributed by atoms with Crippen LogP contribution >= 0.6 is 0 Å². The van der Waals surface area contributed by atoms with Gasteiger partial charge in [-0.15, -0.1) is 0 Å². The number of aromatic nitrogens is 2. The molecular formula is C12H9N3O. The van der Waals surface area contributed by atoms with Crippen molar-refractivity contribution in [2.45, 2.75) is 6.92 Å². The molecule has 0 saturated carbocycles. The summed E-state index contributed by atoms with van der Waals surface area (Å²) in [4.78, 5) is 15.9. The van der Waals surface area contributed by atoms with Crippen molar-refractivity contribution in [3.8, 4) is 11.8 Å². The first-order chi connectivity index (χ1) is 7.72. The summed E-state index contributed by atoms with van der Waals surface area (Å²) >= 11 is 0. The molecule has 2 heterocycles. The van der Waals surface area contributed by atoms with Crippen molar-refractivity contribution in [1.82, 2.24) is 9.55 Å². The third kappa shape index (κ3) is 1.71. The van der Waals surface area contributed by atoms with Gasteiger partial charge in [0.25, 0.3) is 5.56 Å². The Hall–Kier alpha value is -2.41. The SMILES string of the molecule is Cc1ccc(-n2cccc(C#N)c2=O)cn1. The van der Waals surface area contributed by atoms with Gasteiger partial charge in [0.15, 0.2) is 0 Å². The van der Waals surface area contributed by atoms with Crippen molar-refractivity contribution >= 4 is 0 Å². The van der Waals surface area contributed by atoms with Crippen molar-refractivity contribution in [2.75, 3.05) is 0 Å². The van der Waals surface area contributed by atoms with Gasteiger partial charge in [-0.1, -0.05) is 0 Å². The second-order valence-electron chi connectivity index (χ2n) is 3.37. The molecule has 0 radical (unpaired) electrons. The van der Waals surface area contributed by atoms with Gasteiger partial charge in [0, 0.05) is 11.9 Å². The van der Waals surface area contributed by atoms with E-state index in [1.807, 2.05) is 19.1 Å². The van der Waals surface area contributed by atoms with Gasteiger partial charge >= 0.3 is 0 Å². The molecule has 0 fully saturated rings. The van der Waals surface area contributed by atoms with Crippen LogP contribution in [0.4, 0.5) is 0 Å². The summed E-state index contributed by atoms with van der Waals surface area (Å²) in [7, 11) is 0. The Bertz CT molecular complexity index is 605. The molecule has 0 aromatic carbocycles. The minimum Gasteiger partial charge on any atom is -0.282 e. The molecule has 4 nitrogen and oxygen atoms in total. The van der Waals surface area contributed by atoms with E-state index in [9.17, 15) is 4.79 Å². The highest BCUT2D eigenvalue weighted by Gasteiger charge is 2.03. The van der Waals surface area contributed by atoms with Crippen LogP contribution in [-0.2, 0) is 0 Å². The van der Waals surface area contributed by atoms with Gasteiger partial charge in [-0.3, -0.25) is 14.3 Å². The second-order valence-corrected chi connectivity index (χ2v) is 3.37. The van der Waals surface area contributed by atoms with Crippen molar-refractivity contribution in [3.05, 3.63) is 58.3 Å². The molecule has 0 bridgehead atoms. The maximum Gasteiger partial charge on any atom is 0.273 e. The Morgan fingerprint density at radius 2 is 2.19 bits per heavy atom. The van der Waals surface area contributed by atoms with E-state index in [4.69, 9.17) is 5.26 Å². The Morgan fingerprint density at radius 3 is 2.81 bits per heavy atom. The molecule has 78 valence electrons. The molecule has 2 aromatic rings. The average molecular weight is 211 g/mol. The van der Waals surface area contributed by atoms with Crippen molar-refractivity contribution in [2.24, 2.45) is 0 Å². The highest BCUT2D eigenvalue weighted by molar-refractivity contribution is 5.34. The Balaban J connectivity index is 2.62. The van der Waals surface area contributed by atoms with Crippen LogP contribution in [0.25, 0.3) is 5.69 Å². The Labute approximate surface area is 92.4 Å². The van der Waals surface area contributed by atoms with Crippen LogP contribution < -0.4 is 5.56 Å². The molecule has 0 aliphatic carbocycles. The van der Waals surface area contributed by atoms with E-state index >= 15 is 0 Å². The molecule has 0 unspecified atom stereocenters. The fourth-order valence-corrected chi connectivity index (χ4v) is 1.38. The second kappa shape index (κ2) is 3.99. The quantitative estimate of drug-likeness (QED) is 0.716. The lowest BCUT2D eigenvalue weighted by Gasteiger charge is -2.04. The monoisotopic (exact) mass is 211 g/mol. The van der Waals surface area contributed by atoms with Crippen LogP contribution in [0.5, 0.6) is 0 Å². The molecular weight excluding hydrogens is 202 g/mol. The molecule has 0 saturated heterocycles. The summed E-state index contributed by atoms with van der Waals surface area (Å²) in [6.45, 7) is 1.87. The lowest BCUT2D eigenvalue weighted by atomic mass is 10.3. The zero-order chi connectivity index (χ0) is 11.5. The molecule has 0 aliphatic rings. The van der Waals surface area contributed by atoms with Gasteiger partial charge in [-0.2, -0.15) is 5.26 Å². The molecule has 0 amide bonds. The molecule has 0 spiro atoms. The van der Waals surface area contributed by atoms with E-state index < -0.39 is 0 Å². The third-order valence-electron chi connectivity index (χ3n) is 2.24. The van der Waals surface area contributed by atoms with Crippen LogP contribution in [-0.4, -0.2) is 9.55 Å². The summed E-state index contributed by atoms with van der Waals surface area (Å²) in [5.41, 5.74) is 1.35. The predicted molar refractivity (Wildman–Crippen MR) is 59.3 cm³/mol. The first-order valence-corrected chi connectivity index (χ1v) is 4.77. The lowest BCUT2D eigenvalue weighted by Crippen LogP contribution is -2.19. The van der Waals surface area contributed by atoms with E-state index in [0.717, 1.165) is 5.69 Å². The number of rotatable bonds is 1. The van der Waals surface area contributed by atoms with Crippen molar-refractivity contribution in [1.29, 1.82) is 5.26 Å². The van der Waals surface area contributed by atoms with Crippen LogP contribution in [0.15, 0.2) is 41.5 Å². The van der Waals surface area contributed by atoms with Crippen LogP contribution in [0.2, 0.25) is 0 Å². The van der Waals surface area contributed by atoms with Gasteiger partial charge in [-0.05, 0) is 31.2 Å². The molecule has 0 aliphatic heterocycles. The minimum atomic E-state index is -0.323. The third-order valence-corrected chi connectivity index (χ3v) is 2.24. The number of hydrogen-bond donors (Lipinski definition) is 0. The Kier molecular flexibility index (Phi) is 2.52. The topological polar surface area (TPSA) is 58.7 Å². The number of nitrogens with zero attached hydrogens (tertiary/aromatic N) is 3. The standard InChI is InChI=1S/C12H9N3O/c1-9-4-5-11(8-14-9)15-6-2-3-10(7-13)12(15)16/h2-6,8H,1H3. The highest BCUT2D eigenvalue weighted by Crippen LogP contribution is 2.04. The Morgan fingerprint density at radius 1 is 1.38 bits per heavy atom. The van der Waals surface area contributed by atoms with Crippen LogP contribution in [0.1, 0.15) is 11.3 Å². The zero-order valence-corrected chi connectivity index (χ0v) is 8.71. The minimum absolute atomic E-state index is 0.128. The molecule has 0 atom stereocenters. The maximum atomic E-state index is 11.8. The summed E-state index contributed by atoms with van der Waals surface area (Å²) in [6, 6.07) is 8.65. The van der Waals surface area contributed by atoms with Crippen molar-refractivity contribution < 1.29 is 0 Å².